The van der Waals surface area contributed by atoms with Crippen LogP contribution in [-0.4, -0.2) is 7.11 Å². The van der Waals surface area contributed by atoms with E-state index >= 15 is 0 Å². The van der Waals surface area contributed by atoms with Gasteiger partial charge in [0.25, 0.3) is 0 Å². The zero-order valence-corrected chi connectivity index (χ0v) is 12.5. The predicted octanol–water partition coefficient (Wildman–Crippen LogP) is 5.12. The molecule has 2 rings (SSSR count). The number of methoxy groups -OCH3 is 1. The van der Waals surface area contributed by atoms with Crippen molar-refractivity contribution >= 4 is 11.6 Å². The minimum Gasteiger partial charge on any atom is -0.494 e. The number of rotatable bonds is 5. The number of alkyl halides is 1. The summed E-state index contributed by atoms with van der Waals surface area (Å²) >= 11 is 6.46. The van der Waals surface area contributed by atoms with Crippen LogP contribution >= 0.6 is 11.6 Å². The highest BCUT2D eigenvalue weighted by atomic mass is 35.5. The predicted molar refractivity (Wildman–Crippen MR) is 81.1 cm³/mol. The molecule has 1 nitrogen and oxygen atoms in total. The highest BCUT2D eigenvalue weighted by Gasteiger charge is 2.13. The fourth-order valence-corrected chi connectivity index (χ4v) is 2.45. The summed E-state index contributed by atoms with van der Waals surface area (Å²) in [5.74, 6) is -0.158. The van der Waals surface area contributed by atoms with E-state index in [1.165, 1.54) is 18.7 Å². The minimum atomic E-state index is -0.376. The summed E-state index contributed by atoms with van der Waals surface area (Å²) in [6.45, 7) is 2.16. The maximum atomic E-state index is 13.4. The lowest BCUT2D eigenvalue weighted by Gasteiger charge is -2.12. The molecule has 0 radical (unpaired) electrons. The molecule has 1 unspecified atom stereocenters. The Morgan fingerprint density at radius 3 is 2.35 bits per heavy atom. The molecule has 0 fully saturated rings. The van der Waals surface area contributed by atoms with Crippen LogP contribution in [0.5, 0.6) is 5.75 Å². The molecular weight excluding hydrogens is 275 g/mol. The summed E-state index contributed by atoms with van der Waals surface area (Å²) in [6, 6.07) is 13.0. The lowest BCUT2D eigenvalue weighted by Crippen LogP contribution is -1.96. The third-order valence-electron chi connectivity index (χ3n) is 3.28. The first kappa shape index (κ1) is 14.9. The highest BCUT2D eigenvalue weighted by Crippen LogP contribution is 2.32. The minimum absolute atomic E-state index is 0.218. The smallest absolute Gasteiger partial charge is 0.165 e. The Kier molecular flexibility index (Phi) is 5.02. The average Bonchev–Trinajstić information content (AvgIpc) is 2.48. The Morgan fingerprint density at radius 2 is 1.75 bits per heavy atom. The van der Waals surface area contributed by atoms with Gasteiger partial charge in [0.15, 0.2) is 11.6 Å². The van der Waals surface area contributed by atoms with E-state index in [0.717, 1.165) is 24.0 Å². The summed E-state index contributed by atoms with van der Waals surface area (Å²) in [5.41, 5.74) is 3.13. The molecule has 0 heterocycles. The Hall–Kier alpha value is -1.54. The molecule has 0 aromatic heterocycles. The number of aryl methyl sites for hydroxylation is 1. The molecule has 0 spiro atoms. The molecule has 3 heteroatoms. The van der Waals surface area contributed by atoms with Crippen LogP contribution in [0.15, 0.2) is 42.5 Å². The van der Waals surface area contributed by atoms with Crippen molar-refractivity contribution in [3.8, 4) is 5.75 Å². The maximum Gasteiger partial charge on any atom is 0.165 e. The van der Waals surface area contributed by atoms with E-state index in [9.17, 15) is 4.39 Å². The summed E-state index contributed by atoms with van der Waals surface area (Å²) in [6.07, 6.45) is 2.19. The van der Waals surface area contributed by atoms with Crippen molar-refractivity contribution in [2.24, 2.45) is 0 Å². The summed E-state index contributed by atoms with van der Waals surface area (Å²) in [5, 5.41) is -0.305. The Balaban J connectivity index is 2.24. The van der Waals surface area contributed by atoms with Crippen LogP contribution in [0.2, 0.25) is 0 Å². The van der Waals surface area contributed by atoms with Crippen LogP contribution in [0.1, 0.15) is 35.4 Å². The first-order valence-corrected chi connectivity index (χ1v) is 7.15. The molecule has 0 aliphatic carbocycles. The van der Waals surface area contributed by atoms with Crippen LogP contribution < -0.4 is 4.74 Å². The van der Waals surface area contributed by atoms with Gasteiger partial charge in [-0.2, -0.15) is 0 Å². The van der Waals surface area contributed by atoms with Gasteiger partial charge in [-0.3, -0.25) is 0 Å². The number of ether oxygens (including phenoxy) is 1. The van der Waals surface area contributed by atoms with Crippen LogP contribution in [0.25, 0.3) is 0 Å². The Morgan fingerprint density at radius 1 is 1.10 bits per heavy atom. The standard InChI is InChI=1S/C17H18ClFO/c1-3-4-12-5-7-13(8-6-12)17(18)14-9-10-15(19)16(11-14)20-2/h5-11,17H,3-4H2,1-2H3. The molecular formula is C17H18ClFO. The maximum absolute atomic E-state index is 13.4. The summed E-state index contributed by atoms with van der Waals surface area (Å²) in [4.78, 5) is 0. The van der Waals surface area contributed by atoms with Crippen LogP contribution in [0, 0.1) is 5.82 Å². The zero-order valence-electron chi connectivity index (χ0n) is 11.7. The summed E-state index contributed by atoms with van der Waals surface area (Å²) < 4.78 is 18.4. The topological polar surface area (TPSA) is 9.23 Å². The van der Waals surface area contributed by atoms with Crippen LogP contribution in [0.3, 0.4) is 0 Å². The van der Waals surface area contributed by atoms with Crippen molar-refractivity contribution in [3.63, 3.8) is 0 Å². The van der Waals surface area contributed by atoms with Gasteiger partial charge < -0.3 is 4.74 Å². The molecule has 0 N–H and O–H groups in total. The highest BCUT2D eigenvalue weighted by molar-refractivity contribution is 6.22. The third kappa shape index (κ3) is 3.31. The molecule has 106 valence electrons. The quantitative estimate of drug-likeness (QED) is 0.695. The van der Waals surface area contributed by atoms with Crippen molar-refractivity contribution < 1.29 is 9.13 Å². The van der Waals surface area contributed by atoms with Gasteiger partial charge in [-0.15, -0.1) is 11.6 Å². The second kappa shape index (κ2) is 6.76. The van der Waals surface area contributed by atoms with E-state index in [-0.39, 0.29) is 16.9 Å². The van der Waals surface area contributed by atoms with E-state index in [0.29, 0.717) is 0 Å². The van der Waals surface area contributed by atoms with Crippen LogP contribution in [-0.2, 0) is 6.42 Å². The molecule has 0 saturated carbocycles. The molecule has 0 amide bonds. The van der Waals surface area contributed by atoms with E-state index in [1.807, 2.05) is 12.1 Å². The first-order valence-electron chi connectivity index (χ1n) is 6.72. The fraction of sp³-hybridized carbons (Fsp3) is 0.294. The third-order valence-corrected chi connectivity index (χ3v) is 3.78. The van der Waals surface area contributed by atoms with Crippen molar-refractivity contribution in [2.45, 2.75) is 25.1 Å². The van der Waals surface area contributed by atoms with Crippen molar-refractivity contribution in [1.29, 1.82) is 0 Å². The average molecular weight is 293 g/mol. The van der Waals surface area contributed by atoms with Crippen LogP contribution in [0.4, 0.5) is 4.39 Å². The van der Waals surface area contributed by atoms with E-state index in [2.05, 4.69) is 19.1 Å². The van der Waals surface area contributed by atoms with Gasteiger partial charge >= 0.3 is 0 Å². The van der Waals surface area contributed by atoms with Gasteiger partial charge in [-0.1, -0.05) is 43.7 Å². The SMILES string of the molecule is CCCc1ccc(C(Cl)c2ccc(F)c(OC)c2)cc1. The second-order valence-electron chi connectivity index (χ2n) is 4.75. The zero-order chi connectivity index (χ0) is 14.5. The largest absolute Gasteiger partial charge is 0.494 e. The Labute approximate surface area is 124 Å². The lowest BCUT2D eigenvalue weighted by atomic mass is 10.0. The van der Waals surface area contributed by atoms with Gasteiger partial charge in [-0.25, -0.2) is 4.39 Å². The second-order valence-corrected chi connectivity index (χ2v) is 5.18. The van der Waals surface area contributed by atoms with Gasteiger partial charge in [0.1, 0.15) is 0 Å². The summed E-state index contributed by atoms with van der Waals surface area (Å²) in [7, 11) is 1.45. The van der Waals surface area contributed by atoms with E-state index in [4.69, 9.17) is 16.3 Å². The number of halogens is 2. The fourth-order valence-electron chi connectivity index (χ4n) is 2.17. The van der Waals surface area contributed by atoms with E-state index in [1.54, 1.807) is 12.1 Å². The van der Waals surface area contributed by atoms with Gasteiger partial charge in [-0.05, 0) is 35.2 Å². The Bertz CT molecular complexity index is 566. The number of hydrogen-bond acceptors (Lipinski definition) is 1. The molecule has 0 saturated heterocycles. The molecule has 1 atom stereocenters. The molecule has 2 aromatic rings. The van der Waals surface area contributed by atoms with Crippen molar-refractivity contribution in [3.05, 3.63) is 65.0 Å². The first-order chi connectivity index (χ1) is 9.65. The van der Waals surface area contributed by atoms with Gasteiger partial charge in [0.05, 0.1) is 12.5 Å². The molecule has 2 aromatic carbocycles. The van der Waals surface area contributed by atoms with Crippen molar-refractivity contribution in [2.75, 3.05) is 7.11 Å². The van der Waals surface area contributed by atoms with E-state index < -0.39 is 0 Å². The lowest BCUT2D eigenvalue weighted by molar-refractivity contribution is 0.386. The van der Waals surface area contributed by atoms with Gasteiger partial charge in [0.2, 0.25) is 0 Å². The molecule has 0 aliphatic heterocycles. The molecule has 0 aliphatic rings. The molecule has 20 heavy (non-hydrogen) atoms. The monoisotopic (exact) mass is 292 g/mol. The number of hydrogen-bond donors (Lipinski definition) is 0. The normalized spacial score (nSPS) is 12.2. The molecule has 0 bridgehead atoms. The van der Waals surface area contributed by atoms with Crippen molar-refractivity contribution in [1.82, 2.24) is 0 Å². The van der Waals surface area contributed by atoms with Gasteiger partial charge in [0, 0.05) is 0 Å². The number of benzene rings is 2.